The first-order valence-electron chi connectivity index (χ1n) is 11.4. The van der Waals surface area contributed by atoms with Gasteiger partial charge in [-0.25, -0.2) is 15.0 Å². The fourth-order valence-corrected chi connectivity index (χ4v) is 6.47. The minimum absolute atomic E-state index is 0.0655. The first-order valence-corrected chi connectivity index (χ1v) is 13.7. The monoisotopic (exact) mass is 533 g/mol. The van der Waals surface area contributed by atoms with Crippen LogP contribution in [0, 0.1) is 5.41 Å². The highest BCUT2D eigenvalue weighted by molar-refractivity contribution is 7.99. The number of aromatic nitrogens is 6. The van der Waals surface area contributed by atoms with Crippen LogP contribution in [0.1, 0.15) is 45.5 Å². The van der Waals surface area contributed by atoms with E-state index in [0.29, 0.717) is 10.8 Å². The number of nitrogens with one attached hydrogen (secondary N) is 1. The van der Waals surface area contributed by atoms with Crippen molar-refractivity contribution in [2.45, 2.75) is 60.9 Å². The summed E-state index contributed by atoms with van der Waals surface area (Å²) in [5.74, 6) is 2.00. The molecule has 2 aliphatic heterocycles. The summed E-state index contributed by atoms with van der Waals surface area (Å²) in [7, 11) is 0. The van der Waals surface area contributed by atoms with Crippen LogP contribution in [-0.4, -0.2) is 52.1 Å². The molecule has 13 heteroatoms. The standard InChI is InChI=1S/C22H28ClN9OS2/c1-21(2,3)35(33)30-18-20-29-28-13-32(20)12-22(18)5-8-31(9-6-22)15-10-27-16(11-26-15)34-14-4-7-25-19(24)17(14)23/h4,7,10-11,13,18,30H,5-6,8-9,12H2,1-3H3,(H2,24,25)/t18-,35?/m1/s1. The number of halogens is 1. The van der Waals surface area contributed by atoms with Crippen LogP contribution in [0.15, 0.2) is 40.9 Å². The van der Waals surface area contributed by atoms with Crippen molar-refractivity contribution in [3.05, 3.63) is 41.8 Å². The second-order valence-corrected chi connectivity index (χ2v) is 13.4. The normalized spacial score (nSPS) is 20.3. The molecule has 0 saturated carbocycles. The summed E-state index contributed by atoms with van der Waals surface area (Å²) in [5, 5.41) is 9.59. The summed E-state index contributed by atoms with van der Waals surface area (Å²) in [4.78, 5) is 16.3. The van der Waals surface area contributed by atoms with Gasteiger partial charge in [0.15, 0.2) is 5.82 Å². The molecule has 186 valence electrons. The summed E-state index contributed by atoms with van der Waals surface area (Å²) >= 11 is 6.45. The Morgan fingerprint density at radius 1 is 1.23 bits per heavy atom. The Labute approximate surface area is 216 Å². The van der Waals surface area contributed by atoms with Gasteiger partial charge in [0.2, 0.25) is 0 Å². The highest BCUT2D eigenvalue weighted by atomic mass is 35.5. The summed E-state index contributed by atoms with van der Waals surface area (Å²) in [6.45, 7) is 8.40. The Hall–Kier alpha value is -2.12. The molecular formula is C22H28ClN9OS2. The number of anilines is 2. The molecule has 0 radical (unpaired) electrons. The van der Waals surface area contributed by atoms with Crippen molar-refractivity contribution in [3.8, 4) is 0 Å². The third-order valence-electron chi connectivity index (χ3n) is 6.58. The van der Waals surface area contributed by atoms with Crippen LogP contribution in [0.3, 0.4) is 0 Å². The van der Waals surface area contributed by atoms with Crippen molar-refractivity contribution in [2.24, 2.45) is 5.41 Å². The third-order valence-corrected chi connectivity index (χ3v) is 9.63. The Morgan fingerprint density at radius 3 is 2.69 bits per heavy atom. The lowest BCUT2D eigenvalue weighted by Gasteiger charge is -2.43. The maximum Gasteiger partial charge on any atom is 0.155 e. The second-order valence-electron chi connectivity index (χ2n) is 9.92. The van der Waals surface area contributed by atoms with Gasteiger partial charge in [-0.05, 0) is 39.7 Å². The number of fused-ring (bicyclic) bond motifs is 1. The zero-order valence-electron chi connectivity index (χ0n) is 19.8. The lowest BCUT2D eigenvalue weighted by molar-refractivity contribution is 0.161. The summed E-state index contributed by atoms with van der Waals surface area (Å²) in [6.07, 6.45) is 8.78. The Kier molecular flexibility index (Phi) is 6.60. The van der Waals surface area contributed by atoms with Crippen molar-refractivity contribution < 1.29 is 4.55 Å². The molecule has 1 spiro atoms. The van der Waals surface area contributed by atoms with Crippen molar-refractivity contribution >= 4 is 46.4 Å². The molecule has 1 saturated heterocycles. The molecule has 0 amide bonds. The van der Waals surface area contributed by atoms with Gasteiger partial charge >= 0.3 is 0 Å². The van der Waals surface area contributed by atoms with Crippen LogP contribution in [0.5, 0.6) is 0 Å². The number of piperidine rings is 1. The quantitative estimate of drug-likeness (QED) is 0.470. The van der Waals surface area contributed by atoms with Gasteiger partial charge < -0.3 is 19.8 Å². The van der Waals surface area contributed by atoms with Crippen LogP contribution >= 0.6 is 23.4 Å². The predicted octanol–water partition coefficient (Wildman–Crippen LogP) is 3.24. The molecule has 3 aromatic rings. The van der Waals surface area contributed by atoms with Gasteiger partial charge in [0.1, 0.15) is 33.8 Å². The van der Waals surface area contributed by atoms with Gasteiger partial charge in [-0.3, -0.25) is 0 Å². The van der Waals surface area contributed by atoms with Crippen molar-refractivity contribution in [1.29, 1.82) is 0 Å². The maximum absolute atomic E-state index is 13.0. The number of pyridine rings is 1. The average Bonchev–Trinajstić information content (AvgIpc) is 3.38. The van der Waals surface area contributed by atoms with E-state index in [1.807, 2.05) is 26.8 Å². The molecule has 5 heterocycles. The van der Waals surface area contributed by atoms with E-state index in [1.165, 1.54) is 11.8 Å². The fraction of sp³-hybridized carbons (Fsp3) is 0.500. The highest BCUT2D eigenvalue weighted by Crippen LogP contribution is 2.49. The lowest BCUT2D eigenvalue weighted by atomic mass is 9.74. The molecule has 0 aliphatic carbocycles. The maximum atomic E-state index is 13.0. The van der Waals surface area contributed by atoms with E-state index in [2.05, 4.69) is 39.3 Å². The van der Waals surface area contributed by atoms with E-state index in [0.717, 1.165) is 54.0 Å². The topological polar surface area (TPSA) is 134 Å². The summed E-state index contributed by atoms with van der Waals surface area (Å²) in [6, 6.07) is 1.71. The van der Waals surface area contributed by atoms with Crippen molar-refractivity contribution in [1.82, 2.24) is 34.4 Å². The first kappa shape index (κ1) is 24.6. The van der Waals surface area contributed by atoms with Gasteiger partial charge in [-0.1, -0.05) is 23.4 Å². The number of nitrogen functional groups attached to an aromatic ring is 1. The van der Waals surface area contributed by atoms with Crippen LogP contribution in [-0.2, 0) is 17.9 Å². The molecule has 2 atom stereocenters. The van der Waals surface area contributed by atoms with E-state index in [-0.39, 0.29) is 16.2 Å². The smallest absolute Gasteiger partial charge is 0.155 e. The zero-order chi connectivity index (χ0) is 24.8. The van der Waals surface area contributed by atoms with Crippen LogP contribution in [0.25, 0.3) is 0 Å². The lowest BCUT2D eigenvalue weighted by Crippen LogP contribution is -2.50. The molecule has 0 bridgehead atoms. The number of rotatable bonds is 5. The zero-order valence-corrected chi connectivity index (χ0v) is 22.2. The van der Waals surface area contributed by atoms with E-state index in [1.54, 1.807) is 24.9 Å². The number of nitrogens with zero attached hydrogens (tertiary/aromatic N) is 7. The molecule has 35 heavy (non-hydrogen) atoms. The minimum atomic E-state index is -1.20. The molecule has 3 aromatic heterocycles. The van der Waals surface area contributed by atoms with Gasteiger partial charge in [0.05, 0.1) is 17.4 Å². The molecule has 1 unspecified atom stereocenters. The van der Waals surface area contributed by atoms with E-state index in [9.17, 15) is 4.55 Å². The largest absolute Gasteiger partial charge is 0.598 e. The van der Waals surface area contributed by atoms with Gasteiger partial charge in [-0.2, -0.15) is 0 Å². The Balaban J connectivity index is 1.27. The predicted molar refractivity (Wildman–Crippen MR) is 137 cm³/mol. The minimum Gasteiger partial charge on any atom is -0.598 e. The van der Waals surface area contributed by atoms with Crippen LogP contribution < -0.4 is 15.4 Å². The first-order chi connectivity index (χ1) is 16.7. The number of hydrogen-bond acceptors (Lipinski definition) is 10. The fourth-order valence-electron chi connectivity index (χ4n) is 4.56. The van der Waals surface area contributed by atoms with Crippen LogP contribution in [0.4, 0.5) is 11.6 Å². The van der Waals surface area contributed by atoms with E-state index < -0.39 is 11.4 Å². The molecule has 10 nitrogen and oxygen atoms in total. The molecule has 5 rings (SSSR count). The summed E-state index contributed by atoms with van der Waals surface area (Å²) in [5.41, 5.74) is 5.73. The Morgan fingerprint density at radius 2 is 2.00 bits per heavy atom. The molecule has 3 N–H and O–H groups in total. The average molecular weight is 534 g/mol. The van der Waals surface area contributed by atoms with E-state index in [4.69, 9.17) is 17.3 Å². The van der Waals surface area contributed by atoms with Crippen molar-refractivity contribution in [3.63, 3.8) is 0 Å². The second kappa shape index (κ2) is 9.40. The number of hydrogen-bond donors (Lipinski definition) is 2. The van der Waals surface area contributed by atoms with Crippen LogP contribution in [0.2, 0.25) is 5.02 Å². The third kappa shape index (κ3) is 4.82. The van der Waals surface area contributed by atoms with Gasteiger partial charge in [-0.15, -0.1) is 14.9 Å². The molecule has 1 fully saturated rings. The SMILES string of the molecule is CC(C)(C)[S+]([O-])N[C@@H]1c2nncn2CC12CCN(c1cnc(Sc3ccnc(N)c3Cl)cn1)CC2. The number of nitrogens with two attached hydrogens (primary N) is 1. The molecule has 2 aliphatic rings. The summed E-state index contributed by atoms with van der Waals surface area (Å²) < 4.78 is 18.1. The molecular weight excluding hydrogens is 506 g/mol. The van der Waals surface area contributed by atoms with Gasteiger partial charge in [0.25, 0.3) is 0 Å². The Bertz CT molecular complexity index is 1190. The highest BCUT2D eigenvalue weighted by Gasteiger charge is 2.52. The van der Waals surface area contributed by atoms with Gasteiger partial charge in [0, 0.05) is 47.5 Å². The van der Waals surface area contributed by atoms with Crippen molar-refractivity contribution in [2.75, 3.05) is 23.7 Å². The molecule has 0 aromatic carbocycles. The van der Waals surface area contributed by atoms with E-state index >= 15 is 0 Å².